The Morgan fingerprint density at radius 2 is 2.05 bits per heavy atom. The van der Waals surface area contributed by atoms with Crippen LogP contribution in [0.3, 0.4) is 0 Å². The van der Waals surface area contributed by atoms with Gasteiger partial charge in [0.25, 0.3) is 10.0 Å². The number of likely N-dealkylation sites (N-methyl/N-ethyl adjacent to an activating group) is 1. The fraction of sp³-hybridized carbons (Fsp3) is 0.308. The molecular weight excluding hydrogens is 264 g/mol. The minimum absolute atomic E-state index is 0.0625. The Morgan fingerprint density at radius 1 is 1.42 bits per heavy atom. The molecule has 0 fully saturated rings. The van der Waals surface area contributed by atoms with Crippen LogP contribution in [0.2, 0.25) is 0 Å². The second-order valence-corrected chi connectivity index (χ2v) is 5.88. The summed E-state index contributed by atoms with van der Waals surface area (Å²) in [7, 11) is -3.20. The fourth-order valence-corrected chi connectivity index (χ4v) is 2.81. The van der Waals surface area contributed by atoms with Gasteiger partial charge in [0.1, 0.15) is 0 Å². The molecule has 0 unspecified atom stereocenters. The van der Waals surface area contributed by atoms with E-state index in [9.17, 15) is 13.2 Å². The molecule has 2 bridgehead atoms. The van der Waals surface area contributed by atoms with Gasteiger partial charge in [-0.3, -0.25) is 9.52 Å². The van der Waals surface area contributed by atoms with Gasteiger partial charge in [-0.25, -0.2) is 8.42 Å². The standard InChI is InChI=1S/C7H7NO2S.C6H11NO/c1-5-4-6-2-3-7(5)11(9,10)8-6;1-4-7-6(8)5(2)3/h2-4,8H,1H3;2,4H2,1,3H3,(H,7,8). The van der Waals surface area contributed by atoms with Gasteiger partial charge in [0, 0.05) is 17.8 Å². The first-order valence-corrected chi connectivity index (χ1v) is 7.33. The molecule has 6 heteroatoms. The van der Waals surface area contributed by atoms with E-state index in [1.807, 2.05) is 13.0 Å². The van der Waals surface area contributed by atoms with Crippen molar-refractivity contribution in [3.8, 4) is 0 Å². The van der Waals surface area contributed by atoms with Gasteiger partial charge in [-0.1, -0.05) is 6.58 Å². The predicted octanol–water partition coefficient (Wildman–Crippen LogP) is 1.81. The lowest BCUT2D eigenvalue weighted by molar-refractivity contribution is -0.117. The Labute approximate surface area is 113 Å². The average Bonchev–Trinajstić information content (AvgIpc) is 2.28. The van der Waals surface area contributed by atoms with Crippen molar-refractivity contribution >= 4 is 21.6 Å². The summed E-state index contributed by atoms with van der Waals surface area (Å²) in [6.07, 6.45) is 0. The number of fused-ring (bicyclic) bond motifs is 3. The molecule has 2 aliphatic heterocycles. The predicted molar refractivity (Wildman–Crippen MR) is 75.5 cm³/mol. The van der Waals surface area contributed by atoms with Crippen molar-refractivity contribution in [2.45, 2.75) is 25.7 Å². The summed E-state index contributed by atoms with van der Waals surface area (Å²) >= 11 is 0. The molecule has 0 radical (unpaired) electrons. The number of rotatable bonds is 2. The summed E-state index contributed by atoms with van der Waals surface area (Å²) in [4.78, 5) is 10.9. The van der Waals surface area contributed by atoms with Gasteiger partial charge in [0.2, 0.25) is 5.91 Å². The molecule has 0 aliphatic carbocycles. The largest absolute Gasteiger partial charge is 0.353 e. The summed E-state index contributed by atoms with van der Waals surface area (Å²) in [6, 6.07) is 5.19. The Hall–Kier alpha value is -1.82. The summed E-state index contributed by atoms with van der Waals surface area (Å²) in [5.41, 5.74) is 2.02. The highest BCUT2D eigenvalue weighted by Gasteiger charge is 2.22. The van der Waals surface area contributed by atoms with Crippen LogP contribution in [0.1, 0.15) is 19.4 Å². The van der Waals surface area contributed by atoms with E-state index in [1.54, 1.807) is 26.0 Å². The van der Waals surface area contributed by atoms with E-state index in [0.29, 0.717) is 22.7 Å². The molecule has 0 saturated heterocycles. The van der Waals surface area contributed by atoms with Crippen molar-refractivity contribution in [1.29, 1.82) is 0 Å². The topological polar surface area (TPSA) is 75.3 Å². The molecule has 1 aromatic rings. The number of carbonyl (C=O) groups excluding carboxylic acids is 1. The van der Waals surface area contributed by atoms with E-state index in [1.165, 1.54) is 0 Å². The van der Waals surface area contributed by atoms with Crippen LogP contribution in [-0.4, -0.2) is 20.9 Å². The number of nitrogens with one attached hydrogen (secondary N) is 2. The van der Waals surface area contributed by atoms with Crippen molar-refractivity contribution in [2.75, 3.05) is 11.3 Å². The second-order valence-electron chi connectivity index (χ2n) is 4.23. The van der Waals surface area contributed by atoms with E-state index in [-0.39, 0.29) is 5.91 Å². The lowest BCUT2D eigenvalue weighted by atomic mass is 10.2. The van der Waals surface area contributed by atoms with Crippen molar-refractivity contribution in [3.05, 3.63) is 35.9 Å². The SMILES string of the molecule is C=C(C)C(=O)NCC.Cc1cc2ccc1S(=O)(=O)N2. The van der Waals surface area contributed by atoms with Crippen LogP contribution in [0, 0.1) is 6.92 Å². The van der Waals surface area contributed by atoms with Gasteiger partial charge in [-0.15, -0.1) is 0 Å². The number of amides is 1. The van der Waals surface area contributed by atoms with Gasteiger partial charge < -0.3 is 5.32 Å². The smallest absolute Gasteiger partial charge is 0.262 e. The summed E-state index contributed by atoms with van der Waals surface area (Å²) in [5, 5.41) is 2.61. The van der Waals surface area contributed by atoms with Crippen molar-refractivity contribution in [3.63, 3.8) is 0 Å². The maximum absolute atomic E-state index is 11.2. The van der Waals surface area contributed by atoms with Crippen molar-refractivity contribution < 1.29 is 13.2 Å². The molecule has 0 saturated carbocycles. The first-order valence-electron chi connectivity index (χ1n) is 5.85. The fourth-order valence-electron chi connectivity index (χ4n) is 1.54. The highest BCUT2D eigenvalue weighted by molar-refractivity contribution is 7.93. The molecule has 3 rings (SSSR count). The number of benzene rings is 1. The number of anilines is 1. The number of aryl methyl sites for hydroxylation is 1. The third-order valence-electron chi connectivity index (χ3n) is 2.44. The molecule has 2 aliphatic rings. The molecule has 104 valence electrons. The normalized spacial score (nSPS) is 13.8. The average molecular weight is 282 g/mol. The van der Waals surface area contributed by atoms with E-state index >= 15 is 0 Å². The molecule has 1 amide bonds. The van der Waals surface area contributed by atoms with E-state index in [0.717, 1.165) is 5.56 Å². The van der Waals surface area contributed by atoms with E-state index in [4.69, 9.17) is 0 Å². The lowest BCUT2D eigenvalue weighted by Gasteiger charge is -2.17. The number of carbonyl (C=O) groups is 1. The van der Waals surface area contributed by atoms with E-state index in [2.05, 4.69) is 16.6 Å². The van der Waals surface area contributed by atoms with Crippen LogP contribution in [0.25, 0.3) is 0 Å². The molecule has 0 spiro atoms. The summed E-state index contributed by atoms with van der Waals surface area (Å²) < 4.78 is 24.8. The minimum Gasteiger partial charge on any atom is -0.353 e. The first-order chi connectivity index (χ1) is 8.77. The maximum atomic E-state index is 11.2. The molecule has 2 N–H and O–H groups in total. The third kappa shape index (κ3) is 3.82. The molecule has 2 heterocycles. The van der Waals surface area contributed by atoms with Crippen LogP contribution < -0.4 is 10.0 Å². The Balaban J connectivity index is 0.000000203. The van der Waals surface area contributed by atoms with Crippen molar-refractivity contribution in [1.82, 2.24) is 5.32 Å². The van der Waals surface area contributed by atoms with Gasteiger partial charge in [-0.05, 0) is 44.5 Å². The van der Waals surface area contributed by atoms with Crippen LogP contribution in [0.15, 0.2) is 35.2 Å². The summed E-state index contributed by atoms with van der Waals surface area (Å²) in [5.74, 6) is -0.0625. The van der Waals surface area contributed by atoms with Gasteiger partial charge >= 0.3 is 0 Å². The zero-order valence-corrected chi connectivity index (χ0v) is 12.1. The molecule has 0 aromatic heterocycles. The monoisotopic (exact) mass is 282 g/mol. The zero-order valence-electron chi connectivity index (χ0n) is 11.3. The molecule has 0 atom stereocenters. The van der Waals surface area contributed by atoms with Gasteiger partial charge in [0.15, 0.2) is 0 Å². The van der Waals surface area contributed by atoms with Crippen LogP contribution in [0.4, 0.5) is 5.69 Å². The number of sulfonamides is 1. The highest BCUT2D eigenvalue weighted by Crippen LogP contribution is 2.27. The molecule has 5 nitrogen and oxygen atoms in total. The maximum Gasteiger partial charge on any atom is 0.262 e. The van der Waals surface area contributed by atoms with Crippen LogP contribution in [0.5, 0.6) is 0 Å². The van der Waals surface area contributed by atoms with Gasteiger partial charge in [-0.2, -0.15) is 0 Å². The van der Waals surface area contributed by atoms with Crippen LogP contribution in [-0.2, 0) is 14.8 Å². The Morgan fingerprint density at radius 3 is 2.32 bits per heavy atom. The lowest BCUT2D eigenvalue weighted by Crippen LogP contribution is -2.22. The second kappa shape index (κ2) is 5.88. The number of hydrogen-bond donors (Lipinski definition) is 2. The van der Waals surface area contributed by atoms with Crippen LogP contribution >= 0.6 is 0 Å². The third-order valence-corrected chi connectivity index (χ3v) is 3.98. The highest BCUT2D eigenvalue weighted by atomic mass is 32.2. The van der Waals surface area contributed by atoms with Gasteiger partial charge in [0.05, 0.1) is 4.90 Å². The first kappa shape index (κ1) is 15.2. The minimum atomic E-state index is -3.20. The molecule has 1 aromatic carbocycles. The van der Waals surface area contributed by atoms with E-state index < -0.39 is 10.0 Å². The molecule has 19 heavy (non-hydrogen) atoms. The number of hydrogen-bond acceptors (Lipinski definition) is 3. The molecular formula is C13H18N2O3S. The zero-order chi connectivity index (χ0) is 14.6. The summed E-state index contributed by atoms with van der Waals surface area (Å²) in [6.45, 7) is 9.48. The van der Waals surface area contributed by atoms with Crippen molar-refractivity contribution in [2.24, 2.45) is 0 Å². The Kier molecular flexibility index (Phi) is 4.72. The quantitative estimate of drug-likeness (QED) is 0.812. The Bertz CT molecular complexity index is 606.